The zero-order valence-corrected chi connectivity index (χ0v) is 15.0. The summed E-state index contributed by atoms with van der Waals surface area (Å²) in [5.41, 5.74) is 0.932. The fraction of sp³-hybridized carbons (Fsp3) is 0.600. The standard InChI is InChI=1S/C15H26N4O3S/c1-5-22-14-13(7-6-9-17-14)11-18-15(16-3)19-12(2)8-10-23(4,20)21/h6-7,9,12H,5,8,10-11H2,1-4H3,(H2,16,18,19). The average molecular weight is 342 g/mol. The van der Waals surface area contributed by atoms with Crippen LogP contribution in [0.2, 0.25) is 0 Å². The second kappa shape index (κ2) is 9.34. The van der Waals surface area contributed by atoms with Gasteiger partial charge in [-0.1, -0.05) is 6.07 Å². The van der Waals surface area contributed by atoms with E-state index in [0.717, 1.165) is 5.56 Å². The third-order valence-electron chi connectivity index (χ3n) is 3.11. The fourth-order valence-corrected chi connectivity index (χ4v) is 2.68. The summed E-state index contributed by atoms with van der Waals surface area (Å²) < 4.78 is 27.9. The minimum Gasteiger partial charge on any atom is -0.478 e. The molecule has 0 aliphatic heterocycles. The maximum Gasteiger partial charge on any atom is 0.218 e. The van der Waals surface area contributed by atoms with Crippen LogP contribution >= 0.6 is 0 Å². The quantitative estimate of drug-likeness (QED) is 0.540. The molecule has 1 atom stereocenters. The number of guanidine groups is 1. The van der Waals surface area contributed by atoms with Crippen LogP contribution in [0.15, 0.2) is 23.3 Å². The van der Waals surface area contributed by atoms with Crippen molar-refractivity contribution in [3.63, 3.8) is 0 Å². The number of hydrogen-bond acceptors (Lipinski definition) is 5. The number of sulfone groups is 1. The first-order valence-electron chi connectivity index (χ1n) is 7.57. The van der Waals surface area contributed by atoms with Gasteiger partial charge in [-0.2, -0.15) is 0 Å². The number of aromatic nitrogens is 1. The molecule has 0 spiro atoms. The van der Waals surface area contributed by atoms with E-state index in [1.54, 1.807) is 13.2 Å². The Bertz CT molecular complexity index is 617. The van der Waals surface area contributed by atoms with E-state index in [1.165, 1.54) is 6.26 Å². The first-order valence-corrected chi connectivity index (χ1v) is 9.63. The van der Waals surface area contributed by atoms with Crippen molar-refractivity contribution in [2.24, 2.45) is 4.99 Å². The lowest BCUT2D eigenvalue weighted by molar-refractivity contribution is 0.322. The monoisotopic (exact) mass is 342 g/mol. The molecule has 0 aliphatic rings. The molecule has 0 saturated heterocycles. The second-order valence-corrected chi connectivity index (χ2v) is 7.55. The zero-order chi connectivity index (χ0) is 17.3. The van der Waals surface area contributed by atoms with E-state index in [1.807, 2.05) is 26.0 Å². The van der Waals surface area contributed by atoms with Crippen LogP contribution < -0.4 is 15.4 Å². The van der Waals surface area contributed by atoms with Gasteiger partial charge in [-0.15, -0.1) is 0 Å². The molecule has 0 amide bonds. The Kier molecular flexibility index (Phi) is 7.80. The van der Waals surface area contributed by atoms with E-state index in [2.05, 4.69) is 20.6 Å². The van der Waals surface area contributed by atoms with Crippen LogP contribution in [0.1, 0.15) is 25.8 Å². The first kappa shape index (κ1) is 19.2. The van der Waals surface area contributed by atoms with Crippen LogP contribution in [0.5, 0.6) is 5.88 Å². The van der Waals surface area contributed by atoms with Gasteiger partial charge in [0.15, 0.2) is 5.96 Å². The van der Waals surface area contributed by atoms with Gasteiger partial charge >= 0.3 is 0 Å². The van der Waals surface area contributed by atoms with Crippen LogP contribution in [-0.2, 0) is 16.4 Å². The van der Waals surface area contributed by atoms with Crippen molar-refractivity contribution in [1.29, 1.82) is 0 Å². The van der Waals surface area contributed by atoms with Crippen LogP contribution in [0.25, 0.3) is 0 Å². The van der Waals surface area contributed by atoms with Crippen molar-refractivity contribution in [3.05, 3.63) is 23.9 Å². The number of aliphatic imine (C=N–C) groups is 1. The molecule has 23 heavy (non-hydrogen) atoms. The Balaban J connectivity index is 2.54. The predicted molar refractivity (Wildman–Crippen MR) is 92.5 cm³/mol. The van der Waals surface area contributed by atoms with E-state index in [4.69, 9.17) is 4.74 Å². The third kappa shape index (κ3) is 7.83. The number of nitrogens with one attached hydrogen (secondary N) is 2. The number of pyridine rings is 1. The first-order chi connectivity index (χ1) is 10.9. The van der Waals surface area contributed by atoms with Crippen LogP contribution in [0.4, 0.5) is 0 Å². The summed E-state index contributed by atoms with van der Waals surface area (Å²) in [5, 5.41) is 6.36. The highest BCUT2D eigenvalue weighted by atomic mass is 32.2. The third-order valence-corrected chi connectivity index (χ3v) is 4.08. The normalized spacial score (nSPS) is 13.5. The zero-order valence-electron chi connectivity index (χ0n) is 14.2. The van der Waals surface area contributed by atoms with E-state index >= 15 is 0 Å². The Hall–Kier alpha value is -1.83. The van der Waals surface area contributed by atoms with Gasteiger partial charge in [0.05, 0.1) is 12.4 Å². The highest BCUT2D eigenvalue weighted by Gasteiger charge is 2.10. The molecule has 0 aromatic carbocycles. The van der Waals surface area contributed by atoms with Gasteiger partial charge in [-0.05, 0) is 26.3 Å². The van der Waals surface area contributed by atoms with Crippen molar-refractivity contribution in [2.45, 2.75) is 32.9 Å². The lowest BCUT2D eigenvalue weighted by Crippen LogP contribution is -2.42. The maximum absolute atomic E-state index is 11.2. The second-order valence-electron chi connectivity index (χ2n) is 5.29. The van der Waals surface area contributed by atoms with Gasteiger partial charge < -0.3 is 15.4 Å². The van der Waals surface area contributed by atoms with Crippen molar-refractivity contribution in [2.75, 3.05) is 25.7 Å². The van der Waals surface area contributed by atoms with E-state index in [0.29, 0.717) is 31.4 Å². The summed E-state index contributed by atoms with van der Waals surface area (Å²) in [6.45, 7) is 4.91. The summed E-state index contributed by atoms with van der Waals surface area (Å²) in [5.74, 6) is 1.36. The Morgan fingerprint density at radius 3 is 2.83 bits per heavy atom. The molecule has 0 radical (unpaired) electrons. The summed E-state index contributed by atoms with van der Waals surface area (Å²) in [4.78, 5) is 8.35. The van der Waals surface area contributed by atoms with E-state index < -0.39 is 9.84 Å². The number of rotatable bonds is 8. The summed E-state index contributed by atoms with van der Waals surface area (Å²) >= 11 is 0. The molecule has 8 heteroatoms. The van der Waals surface area contributed by atoms with Gasteiger partial charge in [0.1, 0.15) is 9.84 Å². The van der Waals surface area contributed by atoms with Gasteiger partial charge in [0, 0.05) is 37.7 Å². The smallest absolute Gasteiger partial charge is 0.218 e. The fourth-order valence-electron chi connectivity index (χ4n) is 1.90. The lowest BCUT2D eigenvalue weighted by atomic mass is 10.2. The van der Waals surface area contributed by atoms with Crippen LogP contribution in [0.3, 0.4) is 0 Å². The molecule has 0 fully saturated rings. The molecule has 1 heterocycles. The maximum atomic E-state index is 11.2. The number of ether oxygens (including phenoxy) is 1. The predicted octanol–water partition coefficient (Wildman–Crippen LogP) is 0.969. The molecule has 0 aliphatic carbocycles. The molecule has 7 nitrogen and oxygen atoms in total. The highest BCUT2D eigenvalue weighted by molar-refractivity contribution is 7.90. The summed E-state index contributed by atoms with van der Waals surface area (Å²) in [6.07, 6.45) is 3.45. The van der Waals surface area contributed by atoms with Crippen molar-refractivity contribution >= 4 is 15.8 Å². The number of nitrogens with zero attached hydrogens (tertiary/aromatic N) is 2. The van der Waals surface area contributed by atoms with Crippen molar-refractivity contribution < 1.29 is 13.2 Å². The molecule has 1 aromatic heterocycles. The van der Waals surface area contributed by atoms with Crippen LogP contribution in [-0.4, -0.2) is 51.1 Å². The van der Waals surface area contributed by atoms with E-state index in [9.17, 15) is 8.42 Å². The molecule has 1 unspecified atom stereocenters. The molecule has 2 N–H and O–H groups in total. The van der Waals surface area contributed by atoms with Gasteiger partial charge in [-0.25, -0.2) is 13.4 Å². The van der Waals surface area contributed by atoms with Gasteiger partial charge in [0.2, 0.25) is 5.88 Å². The molecule has 130 valence electrons. The average Bonchev–Trinajstić information content (AvgIpc) is 2.50. The topological polar surface area (TPSA) is 92.7 Å². The minimum absolute atomic E-state index is 0.00353. The Morgan fingerprint density at radius 2 is 2.22 bits per heavy atom. The summed E-state index contributed by atoms with van der Waals surface area (Å²) in [6, 6.07) is 3.78. The summed E-state index contributed by atoms with van der Waals surface area (Å²) in [7, 11) is -1.28. The molecule has 0 saturated carbocycles. The largest absolute Gasteiger partial charge is 0.478 e. The minimum atomic E-state index is -2.95. The molecular formula is C15H26N4O3S. The van der Waals surface area contributed by atoms with Crippen LogP contribution in [0, 0.1) is 0 Å². The number of hydrogen-bond donors (Lipinski definition) is 2. The Morgan fingerprint density at radius 1 is 1.48 bits per heavy atom. The van der Waals surface area contributed by atoms with Gasteiger partial charge in [-0.3, -0.25) is 4.99 Å². The highest BCUT2D eigenvalue weighted by Crippen LogP contribution is 2.13. The Labute approximate surface area is 138 Å². The van der Waals surface area contributed by atoms with Gasteiger partial charge in [0.25, 0.3) is 0 Å². The molecule has 0 bridgehead atoms. The lowest BCUT2D eigenvalue weighted by Gasteiger charge is -2.18. The molecular weight excluding hydrogens is 316 g/mol. The molecule has 1 rings (SSSR count). The SMILES string of the molecule is CCOc1ncccc1CNC(=NC)NC(C)CCS(C)(=O)=O. The van der Waals surface area contributed by atoms with Crippen molar-refractivity contribution in [3.8, 4) is 5.88 Å². The molecule has 1 aromatic rings. The van der Waals surface area contributed by atoms with E-state index in [-0.39, 0.29) is 11.8 Å². The van der Waals surface area contributed by atoms with Crippen molar-refractivity contribution in [1.82, 2.24) is 15.6 Å².